The molecule has 6 rings (SSSR count). The molecule has 0 aliphatic heterocycles. The number of aliphatic hydroxyl groups is 3. The van der Waals surface area contributed by atoms with E-state index < -0.39 is 41.7 Å². The van der Waals surface area contributed by atoms with Crippen LogP contribution in [0.4, 0.5) is 26.3 Å². The zero-order chi connectivity index (χ0) is 59.6. The molecule has 0 aromatic heterocycles. The summed E-state index contributed by atoms with van der Waals surface area (Å²) in [6.07, 6.45) is -3.12. The van der Waals surface area contributed by atoms with Crippen molar-refractivity contribution in [1.82, 2.24) is 0 Å². The monoisotopic (exact) mass is 1180 g/mol. The summed E-state index contributed by atoms with van der Waals surface area (Å²) in [6.45, 7) is 28.2. The maximum atomic E-state index is 13.1. The van der Waals surface area contributed by atoms with Crippen molar-refractivity contribution < 1.29 is 66.3 Å². The summed E-state index contributed by atoms with van der Waals surface area (Å²) in [5.74, 6) is -9.95. The van der Waals surface area contributed by atoms with E-state index in [0.717, 1.165) is 71.7 Å². The second kappa shape index (κ2) is 36.4. The van der Waals surface area contributed by atoms with Crippen molar-refractivity contribution in [3.8, 4) is 0 Å². The van der Waals surface area contributed by atoms with Crippen molar-refractivity contribution >= 4 is 43.6 Å². The van der Waals surface area contributed by atoms with Gasteiger partial charge in [-0.15, -0.1) is 0 Å². The summed E-state index contributed by atoms with van der Waals surface area (Å²) in [6, 6.07) is 31.7. The van der Waals surface area contributed by atoms with E-state index in [2.05, 4.69) is 13.0 Å². The number of alkyl halides is 6. The van der Waals surface area contributed by atoms with Crippen LogP contribution in [-0.2, 0) is 21.4 Å². The van der Waals surface area contributed by atoms with Crippen LogP contribution < -0.4 is 0 Å². The normalized spacial score (nSPS) is 11.3. The molecule has 6 aromatic carbocycles. The summed E-state index contributed by atoms with van der Waals surface area (Å²) in [5.41, 5.74) is 13.7. The number of rotatable bonds is 8. The van der Waals surface area contributed by atoms with E-state index in [9.17, 15) is 45.8 Å². The van der Waals surface area contributed by atoms with E-state index in [-0.39, 0.29) is 48.9 Å². The number of carbonyl (C=O) groups excluding carboxylic acids is 1. The zero-order valence-electron chi connectivity index (χ0n) is 47.4. The summed E-state index contributed by atoms with van der Waals surface area (Å²) in [5, 5.41) is 40.2. The van der Waals surface area contributed by atoms with Crippen LogP contribution in [0, 0.1) is 83.1 Å². The molecular formula is C62H83F6InO8. The molecule has 15 heteroatoms. The number of aryl methyl sites for hydroxylation is 6. The molecule has 0 amide bonds. The second-order valence-corrected chi connectivity index (χ2v) is 17.9. The first-order valence-corrected chi connectivity index (χ1v) is 24.2. The Morgan fingerprint density at radius 2 is 0.753 bits per heavy atom. The van der Waals surface area contributed by atoms with E-state index in [1.54, 1.807) is 59.7 Å². The molecule has 5 N–H and O–H groups in total. The number of aliphatic carboxylic acids is 2. The van der Waals surface area contributed by atoms with Crippen molar-refractivity contribution in [2.75, 3.05) is 14.2 Å². The minimum atomic E-state index is -3.81. The first-order valence-electron chi connectivity index (χ1n) is 24.2. The fourth-order valence-corrected chi connectivity index (χ4v) is 7.18. The van der Waals surface area contributed by atoms with Crippen molar-refractivity contribution in [2.24, 2.45) is 0 Å². The SMILES string of the molecule is CC(=O)c1cccc(C)c1C.CO.CO.Cc1cccc(C(C)(F)F)c1C.Cc1cccc(C(C)F)c1C.Cc1cccc(C(C)O)c1C.Cc1cccc(C(F)(F)C(=O)O)c1C.Cc1cccc(C(F)C(=O)O)c1C.[InH3]. The fraction of sp³-hybridized carbons (Fsp3) is 0.371. The molecule has 0 saturated carbocycles. The average molecular weight is 1190 g/mol. The number of benzene rings is 6. The standard InChI is InChI=1S/C10H10F2O2.C10H12F2.C10H11FO2.C10H13F.C10H14O.C10H12O.2CH4O.In.3H/c1-6-4-3-5-8(7(6)2)10(11,12)9(13)14;1-7-5-4-6-9(8(7)2)10(3,11)12;1-6-4-3-5-8(7(6)2)9(11)10(12)13;3*1-7-5-4-6-10(8(7)2)9(3)11;2*1-2;;;;/h3-5H,1-2H3,(H,13,14);4-6H,1-3H3;3-5,9H,1-2H3,(H,12,13);4-6,9H,1-3H3;4-6,9,11H,1-3H3;4-6H,1-3H3;2*2H,1H3;;;;. The number of halogens is 6. The van der Waals surface area contributed by atoms with Gasteiger partial charge in [0.05, 0.1) is 6.10 Å². The third kappa shape index (κ3) is 24.2. The minimum absolute atomic E-state index is 0. The molecule has 0 aliphatic rings. The third-order valence-electron chi connectivity index (χ3n) is 12.6. The molecule has 3 atom stereocenters. The molecule has 8 nitrogen and oxygen atoms in total. The summed E-state index contributed by atoms with van der Waals surface area (Å²) in [4.78, 5) is 31.7. The first kappa shape index (κ1) is 75.5. The topological polar surface area (TPSA) is 152 Å². The Morgan fingerprint density at radius 1 is 0.455 bits per heavy atom. The number of hydrogen-bond donors (Lipinski definition) is 5. The Kier molecular flexibility index (Phi) is 35.7. The molecule has 6 aromatic rings. The number of carboxylic acids is 2. The van der Waals surface area contributed by atoms with Gasteiger partial charge in [-0.1, -0.05) is 109 Å². The van der Waals surface area contributed by atoms with Crippen LogP contribution in [0.2, 0.25) is 0 Å². The first-order chi connectivity index (χ1) is 35.2. The molecule has 77 heavy (non-hydrogen) atoms. The zero-order valence-corrected chi connectivity index (χ0v) is 47.4. The second-order valence-electron chi connectivity index (χ2n) is 17.9. The molecule has 0 aliphatic carbocycles. The number of Topliss-reactive ketones (excluding diaryl/α,β-unsaturated/α-hetero) is 1. The van der Waals surface area contributed by atoms with Crippen LogP contribution in [0.3, 0.4) is 0 Å². The van der Waals surface area contributed by atoms with Gasteiger partial charge in [-0.05, 0) is 182 Å². The summed E-state index contributed by atoms with van der Waals surface area (Å²) >= 11 is 0. The Bertz CT molecular complexity index is 2710. The van der Waals surface area contributed by atoms with Crippen molar-refractivity contribution in [1.29, 1.82) is 0 Å². The van der Waals surface area contributed by atoms with Gasteiger partial charge in [-0.2, -0.15) is 8.78 Å². The van der Waals surface area contributed by atoms with E-state index in [1.807, 2.05) is 109 Å². The average Bonchev–Trinajstić information content (AvgIpc) is 3.35. The van der Waals surface area contributed by atoms with Crippen molar-refractivity contribution in [3.05, 3.63) is 209 Å². The van der Waals surface area contributed by atoms with Gasteiger partial charge in [0.25, 0.3) is 5.92 Å². The van der Waals surface area contributed by atoms with Crippen LogP contribution in [0.5, 0.6) is 0 Å². The predicted molar refractivity (Wildman–Crippen MR) is 304 cm³/mol. The number of hydrogen-bond acceptors (Lipinski definition) is 6. The molecule has 0 radical (unpaired) electrons. The van der Waals surface area contributed by atoms with Crippen LogP contribution in [0.25, 0.3) is 0 Å². The molecule has 424 valence electrons. The van der Waals surface area contributed by atoms with E-state index in [4.69, 9.17) is 20.4 Å². The van der Waals surface area contributed by atoms with Crippen LogP contribution in [-0.4, -0.2) is 83.3 Å². The van der Waals surface area contributed by atoms with Crippen molar-refractivity contribution in [2.45, 2.75) is 141 Å². The molecule has 0 heterocycles. The van der Waals surface area contributed by atoms with Gasteiger partial charge in [-0.25, -0.2) is 27.2 Å². The Labute approximate surface area is 472 Å². The van der Waals surface area contributed by atoms with Gasteiger partial charge in [0.15, 0.2) is 5.78 Å². The van der Waals surface area contributed by atoms with Gasteiger partial charge in [0.2, 0.25) is 6.17 Å². The molecule has 0 bridgehead atoms. The van der Waals surface area contributed by atoms with Gasteiger partial charge < -0.3 is 25.5 Å². The van der Waals surface area contributed by atoms with Crippen LogP contribution in [0.15, 0.2) is 109 Å². The van der Waals surface area contributed by atoms with Gasteiger partial charge in [-0.3, -0.25) is 4.79 Å². The van der Waals surface area contributed by atoms with Crippen LogP contribution >= 0.6 is 0 Å². The molecular weight excluding hydrogens is 1100 g/mol. The number of aliphatic hydroxyl groups excluding tert-OH is 3. The predicted octanol–water partition coefficient (Wildman–Crippen LogP) is 14.5. The fourth-order valence-electron chi connectivity index (χ4n) is 7.18. The van der Waals surface area contributed by atoms with Crippen molar-refractivity contribution in [3.63, 3.8) is 0 Å². The third-order valence-corrected chi connectivity index (χ3v) is 12.6. The Balaban J connectivity index is -0.000000841. The summed E-state index contributed by atoms with van der Waals surface area (Å²) in [7, 11) is 2.00. The Morgan fingerprint density at radius 3 is 1.05 bits per heavy atom. The van der Waals surface area contributed by atoms with Gasteiger partial charge in [0, 0.05) is 43.4 Å². The molecule has 0 fully saturated rings. The quantitative estimate of drug-likeness (QED) is 0.0746. The van der Waals surface area contributed by atoms with E-state index in [0.29, 0.717) is 22.3 Å². The number of carbonyl (C=O) groups is 3. The van der Waals surface area contributed by atoms with Gasteiger partial charge in [0.1, 0.15) is 6.17 Å². The van der Waals surface area contributed by atoms with E-state index >= 15 is 0 Å². The summed E-state index contributed by atoms with van der Waals surface area (Å²) < 4.78 is 78.0. The van der Waals surface area contributed by atoms with Gasteiger partial charge >= 0.3 is 43.7 Å². The number of ketones is 1. The molecule has 0 saturated heterocycles. The Hall–Kier alpha value is -5.74. The number of carboxylic acid groups (broad SMARTS) is 2. The molecule has 0 spiro atoms. The maximum absolute atomic E-state index is 13.1. The van der Waals surface area contributed by atoms with Crippen LogP contribution in [0.1, 0.15) is 151 Å². The van der Waals surface area contributed by atoms with E-state index in [1.165, 1.54) is 41.8 Å². The molecule has 3 unspecified atom stereocenters.